The second kappa shape index (κ2) is 12.4. The van der Waals surface area contributed by atoms with E-state index in [4.69, 9.17) is 9.41 Å². The van der Waals surface area contributed by atoms with Gasteiger partial charge in [-0.15, -0.1) is 24.0 Å². The molecular weight excluding hydrogens is 531 g/mol. The van der Waals surface area contributed by atoms with Crippen LogP contribution in [0.3, 0.4) is 0 Å². The standard InChI is InChI=1S/C24H42N6O2.HI/c1-7-25-23(27-14-21-26-13-20(32-21)24(4,5)6)29-10-8-28(9-11-29)17-22(31)30-15-18(2)12-19(3)16-30;/h13,18-19H,7-12,14-17H2,1-6H3,(H,25,27);1H. The molecule has 2 atom stereocenters. The molecule has 0 radical (unpaired) electrons. The van der Waals surface area contributed by atoms with Gasteiger partial charge in [-0.25, -0.2) is 9.98 Å². The normalized spacial score (nSPS) is 22.8. The number of hydrogen-bond donors (Lipinski definition) is 1. The van der Waals surface area contributed by atoms with Crippen LogP contribution in [0.25, 0.3) is 0 Å². The zero-order valence-corrected chi connectivity index (χ0v) is 23.6. The Hall–Kier alpha value is -1.36. The highest BCUT2D eigenvalue weighted by molar-refractivity contribution is 14.0. The fourth-order valence-corrected chi connectivity index (χ4v) is 4.57. The lowest BCUT2D eigenvalue weighted by molar-refractivity contribution is -0.135. The number of likely N-dealkylation sites (tertiary alicyclic amines) is 1. The van der Waals surface area contributed by atoms with Crippen LogP contribution in [0, 0.1) is 11.8 Å². The molecule has 2 saturated heterocycles. The van der Waals surface area contributed by atoms with E-state index in [0.717, 1.165) is 57.5 Å². The van der Waals surface area contributed by atoms with Crippen LogP contribution in [0.2, 0.25) is 0 Å². The Kier molecular flexibility index (Phi) is 10.5. The molecule has 2 unspecified atom stereocenters. The van der Waals surface area contributed by atoms with Gasteiger partial charge >= 0.3 is 0 Å². The lowest BCUT2D eigenvalue weighted by Crippen LogP contribution is -2.55. The molecule has 2 aliphatic heterocycles. The third kappa shape index (κ3) is 8.12. The fourth-order valence-electron chi connectivity index (χ4n) is 4.57. The largest absolute Gasteiger partial charge is 0.443 e. The molecular formula is C24H43IN6O2. The zero-order valence-electron chi connectivity index (χ0n) is 21.3. The highest BCUT2D eigenvalue weighted by atomic mass is 127. The molecule has 2 aliphatic rings. The zero-order chi connectivity index (χ0) is 23.3. The number of nitrogens with zero attached hydrogens (tertiary/aromatic N) is 5. The van der Waals surface area contributed by atoms with E-state index in [0.29, 0.717) is 30.8 Å². The molecule has 0 saturated carbocycles. The Bertz CT molecular complexity index is 772. The van der Waals surface area contributed by atoms with Crippen molar-refractivity contribution in [2.24, 2.45) is 16.8 Å². The second-order valence-corrected chi connectivity index (χ2v) is 10.5. The number of aromatic nitrogens is 1. The van der Waals surface area contributed by atoms with Crippen LogP contribution in [0.15, 0.2) is 15.6 Å². The molecule has 1 N–H and O–H groups in total. The van der Waals surface area contributed by atoms with E-state index in [1.807, 2.05) is 0 Å². The van der Waals surface area contributed by atoms with Gasteiger partial charge in [-0.3, -0.25) is 9.69 Å². The Morgan fingerprint density at radius 2 is 1.79 bits per heavy atom. The number of carbonyl (C=O) groups is 1. The summed E-state index contributed by atoms with van der Waals surface area (Å²) in [5, 5.41) is 3.39. The molecule has 0 bridgehead atoms. The number of halogens is 1. The number of piperidine rings is 1. The van der Waals surface area contributed by atoms with E-state index < -0.39 is 0 Å². The number of piperazine rings is 1. The highest BCUT2D eigenvalue weighted by Crippen LogP contribution is 2.23. The molecule has 2 fully saturated rings. The lowest BCUT2D eigenvalue weighted by atomic mass is 9.92. The number of aliphatic imine (C=N–C) groups is 1. The van der Waals surface area contributed by atoms with E-state index in [-0.39, 0.29) is 35.3 Å². The van der Waals surface area contributed by atoms with Gasteiger partial charge in [0.2, 0.25) is 11.8 Å². The van der Waals surface area contributed by atoms with Gasteiger partial charge in [0.25, 0.3) is 0 Å². The number of amides is 1. The van der Waals surface area contributed by atoms with E-state index in [9.17, 15) is 4.79 Å². The Morgan fingerprint density at radius 1 is 1.15 bits per heavy atom. The first-order chi connectivity index (χ1) is 15.2. The van der Waals surface area contributed by atoms with Crippen LogP contribution in [-0.2, 0) is 16.8 Å². The molecule has 0 aliphatic carbocycles. The smallest absolute Gasteiger partial charge is 0.236 e. The van der Waals surface area contributed by atoms with Crippen molar-refractivity contribution in [3.8, 4) is 0 Å². The molecule has 0 spiro atoms. The summed E-state index contributed by atoms with van der Waals surface area (Å²) in [6.45, 7) is 19.9. The van der Waals surface area contributed by atoms with Gasteiger partial charge in [-0.1, -0.05) is 34.6 Å². The maximum absolute atomic E-state index is 12.8. The SMILES string of the molecule is CCNC(=NCc1ncc(C(C)(C)C)o1)N1CCN(CC(=O)N2CC(C)CC(C)C2)CC1.I. The van der Waals surface area contributed by atoms with Crippen molar-refractivity contribution in [3.05, 3.63) is 17.8 Å². The van der Waals surface area contributed by atoms with Gasteiger partial charge in [0.15, 0.2) is 5.96 Å². The molecule has 3 rings (SSSR count). The monoisotopic (exact) mass is 574 g/mol. The average molecular weight is 575 g/mol. The van der Waals surface area contributed by atoms with Crippen LogP contribution in [0.4, 0.5) is 0 Å². The van der Waals surface area contributed by atoms with Gasteiger partial charge < -0.3 is 19.5 Å². The first kappa shape index (κ1) is 27.9. The van der Waals surface area contributed by atoms with Crippen molar-refractivity contribution in [1.82, 2.24) is 25.0 Å². The molecule has 3 heterocycles. The van der Waals surface area contributed by atoms with Crippen LogP contribution >= 0.6 is 24.0 Å². The van der Waals surface area contributed by atoms with E-state index in [1.54, 1.807) is 6.20 Å². The summed E-state index contributed by atoms with van der Waals surface area (Å²) in [5.41, 5.74) is -0.0580. The number of rotatable bonds is 5. The molecule has 33 heavy (non-hydrogen) atoms. The van der Waals surface area contributed by atoms with Crippen molar-refractivity contribution in [3.63, 3.8) is 0 Å². The van der Waals surface area contributed by atoms with Gasteiger partial charge in [0.1, 0.15) is 12.3 Å². The summed E-state index contributed by atoms with van der Waals surface area (Å²) in [6, 6.07) is 0. The summed E-state index contributed by atoms with van der Waals surface area (Å²) in [7, 11) is 0. The van der Waals surface area contributed by atoms with Crippen LogP contribution in [-0.4, -0.2) is 83.9 Å². The fraction of sp³-hybridized carbons (Fsp3) is 0.792. The van der Waals surface area contributed by atoms with Crippen molar-refractivity contribution in [2.45, 2.75) is 59.9 Å². The number of hydrogen-bond acceptors (Lipinski definition) is 5. The highest BCUT2D eigenvalue weighted by Gasteiger charge is 2.28. The predicted molar refractivity (Wildman–Crippen MR) is 143 cm³/mol. The first-order valence-electron chi connectivity index (χ1n) is 12.1. The molecule has 9 heteroatoms. The molecule has 1 aromatic heterocycles. The van der Waals surface area contributed by atoms with Crippen molar-refractivity contribution in [2.75, 3.05) is 52.4 Å². The maximum atomic E-state index is 12.8. The molecule has 1 amide bonds. The maximum Gasteiger partial charge on any atom is 0.236 e. The summed E-state index contributed by atoms with van der Waals surface area (Å²) in [6.07, 6.45) is 3.03. The second-order valence-electron chi connectivity index (χ2n) is 10.5. The van der Waals surface area contributed by atoms with Gasteiger partial charge in [-0.2, -0.15) is 0 Å². The predicted octanol–water partition coefficient (Wildman–Crippen LogP) is 3.18. The van der Waals surface area contributed by atoms with E-state index >= 15 is 0 Å². The number of guanidine groups is 1. The topological polar surface area (TPSA) is 77.2 Å². The lowest BCUT2D eigenvalue weighted by Gasteiger charge is -2.39. The molecule has 188 valence electrons. The summed E-state index contributed by atoms with van der Waals surface area (Å²) < 4.78 is 5.88. The minimum absolute atomic E-state index is 0. The summed E-state index contributed by atoms with van der Waals surface area (Å²) in [4.78, 5) is 28.6. The van der Waals surface area contributed by atoms with Crippen molar-refractivity contribution in [1.29, 1.82) is 0 Å². The molecule has 0 aromatic carbocycles. The van der Waals surface area contributed by atoms with Crippen LogP contribution in [0.5, 0.6) is 0 Å². The van der Waals surface area contributed by atoms with Crippen LogP contribution < -0.4 is 5.32 Å². The molecule has 8 nitrogen and oxygen atoms in total. The summed E-state index contributed by atoms with van der Waals surface area (Å²) >= 11 is 0. The first-order valence-corrected chi connectivity index (χ1v) is 12.1. The molecule has 1 aromatic rings. The Morgan fingerprint density at radius 3 is 2.33 bits per heavy atom. The summed E-state index contributed by atoms with van der Waals surface area (Å²) in [5.74, 6) is 3.87. The van der Waals surface area contributed by atoms with E-state index in [1.165, 1.54) is 6.42 Å². The Balaban J connectivity index is 0.00000385. The quantitative estimate of drug-likeness (QED) is 0.331. The van der Waals surface area contributed by atoms with Crippen LogP contribution in [0.1, 0.15) is 59.6 Å². The third-order valence-electron chi connectivity index (χ3n) is 6.24. The number of oxazole rings is 1. The minimum atomic E-state index is -0.0580. The van der Waals surface area contributed by atoms with E-state index in [2.05, 4.69) is 66.5 Å². The number of nitrogens with one attached hydrogen (secondary N) is 1. The Labute approximate surface area is 216 Å². The third-order valence-corrected chi connectivity index (χ3v) is 6.24. The number of carbonyl (C=O) groups excluding carboxylic acids is 1. The van der Waals surface area contributed by atoms with Crippen molar-refractivity contribution < 1.29 is 9.21 Å². The van der Waals surface area contributed by atoms with Gasteiger partial charge in [0.05, 0.1) is 12.7 Å². The minimum Gasteiger partial charge on any atom is -0.443 e. The average Bonchev–Trinajstić information content (AvgIpc) is 3.21. The van der Waals surface area contributed by atoms with Crippen molar-refractivity contribution >= 4 is 35.8 Å². The van der Waals surface area contributed by atoms with Gasteiger partial charge in [-0.05, 0) is 25.2 Å². The van der Waals surface area contributed by atoms with Gasteiger partial charge in [0, 0.05) is 51.2 Å².